The Labute approximate surface area is 204 Å². The number of aromatic nitrogens is 1. The molecule has 6 N–H and O–H groups in total. The third-order valence-corrected chi connectivity index (χ3v) is 4.82. The van der Waals surface area contributed by atoms with Crippen molar-refractivity contribution < 1.29 is 19.4 Å². The van der Waals surface area contributed by atoms with Crippen LogP contribution < -0.4 is 21.2 Å². The molecule has 10 nitrogen and oxygen atoms in total. The Balaban J connectivity index is 0.000000283. The summed E-state index contributed by atoms with van der Waals surface area (Å²) in [4.78, 5) is 28.7. The number of nitrogens with one attached hydrogen (secondary N) is 3. The van der Waals surface area contributed by atoms with Gasteiger partial charge in [0.15, 0.2) is 0 Å². The molecule has 0 saturated heterocycles. The molecule has 2 aromatic carbocycles. The van der Waals surface area contributed by atoms with Crippen LogP contribution in [0.3, 0.4) is 0 Å². The van der Waals surface area contributed by atoms with E-state index in [1.165, 1.54) is 19.4 Å². The molecule has 1 amide bonds. The predicted molar refractivity (Wildman–Crippen MR) is 139 cm³/mol. The van der Waals surface area contributed by atoms with Gasteiger partial charge in [-0.05, 0) is 36.8 Å². The molecule has 0 bridgehead atoms. The highest BCUT2D eigenvalue weighted by atomic mass is 16.5. The van der Waals surface area contributed by atoms with Gasteiger partial charge in [0.05, 0.1) is 24.6 Å². The number of carbonyl (C=O) groups is 2. The van der Waals surface area contributed by atoms with Gasteiger partial charge in [-0.2, -0.15) is 5.10 Å². The molecule has 0 aliphatic carbocycles. The molecule has 0 radical (unpaired) electrons. The Bertz CT molecular complexity index is 1190. The number of hydrogen-bond donors (Lipinski definition) is 5. The first-order valence-corrected chi connectivity index (χ1v) is 11.2. The molecule has 0 aliphatic rings. The summed E-state index contributed by atoms with van der Waals surface area (Å²) in [5, 5.41) is 16.3. The van der Waals surface area contributed by atoms with Crippen LogP contribution in [0, 0.1) is 0 Å². The Kier molecular flexibility index (Phi) is 10.8. The maximum atomic E-state index is 10.7. The number of carboxylic acid groups (broad SMARTS) is 1. The van der Waals surface area contributed by atoms with Crippen molar-refractivity contribution in [1.29, 1.82) is 0 Å². The van der Waals surface area contributed by atoms with Crippen LogP contribution >= 0.6 is 0 Å². The molecule has 3 aromatic rings. The van der Waals surface area contributed by atoms with Gasteiger partial charge in [0.1, 0.15) is 5.75 Å². The van der Waals surface area contributed by atoms with Gasteiger partial charge in [-0.15, -0.1) is 0 Å². The van der Waals surface area contributed by atoms with Crippen LogP contribution in [0.15, 0.2) is 58.8 Å². The number of hydrazone groups is 1. The van der Waals surface area contributed by atoms with Crippen LogP contribution in [-0.2, 0) is 4.79 Å². The van der Waals surface area contributed by atoms with Gasteiger partial charge in [0, 0.05) is 36.1 Å². The fraction of sp³-hybridized carbons (Fsp3) is 0.280. The minimum absolute atomic E-state index is 0.0951. The number of hydrogen-bond acceptors (Lipinski definition) is 5. The van der Waals surface area contributed by atoms with E-state index in [4.69, 9.17) is 15.6 Å². The lowest BCUT2D eigenvalue weighted by atomic mass is 10.2. The molecule has 0 fully saturated rings. The largest absolute Gasteiger partial charge is 0.497 e. The van der Waals surface area contributed by atoms with Crippen LogP contribution in [0.4, 0.5) is 5.69 Å². The molecule has 0 atom stereocenters. The monoisotopic (exact) mass is 480 g/mol. The van der Waals surface area contributed by atoms with Crippen LogP contribution in [0.5, 0.6) is 5.75 Å². The van der Waals surface area contributed by atoms with E-state index in [2.05, 4.69) is 32.7 Å². The molecule has 10 heteroatoms. The van der Waals surface area contributed by atoms with Crippen molar-refractivity contribution in [2.75, 3.05) is 19.0 Å². The average Bonchev–Trinajstić information content (AvgIpc) is 3.24. The number of para-hydroxylation sites is 1. The zero-order valence-corrected chi connectivity index (χ0v) is 20.2. The molecule has 0 spiro atoms. The van der Waals surface area contributed by atoms with Crippen molar-refractivity contribution in [3.8, 4) is 5.75 Å². The number of aliphatic imine (C=N–C) groups is 1. The van der Waals surface area contributed by atoms with E-state index < -0.39 is 5.97 Å². The number of anilines is 1. The molecule has 0 aliphatic heterocycles. The summed E-state index contributed by atoms with van der Waals surface area (Å²) in [5.74, 6) is -0.186. The first-order chi connectivity index (χ1) is 16.8. The van der Waals surface area contributed by atoms with Crippen molar-refractivity contribution in [3.05, 3.63) is 59.8 Å². The zero-order valence-electron chi connectivity index (χ0n) is 20.2. The first kappa shape index (κ1) is 26.9. The Hall–Kier alpha value is -4.34. The van der Waals surface area contributed by atoms with Crippen LogP contribution in [0.1, 0.15) is 49.0 Å². The summed E-state index contributed by atoms with van der Waals surface area (Å²) < 4.78 is 5.24. The Morgan fingerprint density at radius 2 is 1.97 bits per heavy atom. The summed E-state index contributed by atoms with van der Waals surface area (Å²) in [7, 11) is 1.65. The number of aromatic amines is 1. The lowest BCUT2D eigenvalue weighted by Crippen LogP contribution is -2.27. The average molecular weight is 481 g/mol. The van der Waals surface area contributed by atoms with Gasteiger partial charge < -0.3 is 25.9 Å². The second-order valence-corrected chi connectivity index (χ2v) is 7.53. The van der Waals surface area contributed by atoms with Crippen molar-refractivity contribution >= 4 is 40.6 Å². The number of nitrogens with zero attached hydrogens (tertiary/aromatic N) is 2. The molecule has 1 aromatic heterocycles. The number of H-pyrrole nitrogens is 1. The number of nitrogens with two attached hydrogens (primary N) is 1. The SMILES string of the molecule is CC(=O)Nc1ccccc1C(=O)O.CCCCCN=C(N)N/N=C\c1c[nH]c2ccc(OC)cc12. The maximum absolute atomic E-state index is 10.7. The number of fused-ring (bicyclic) bond motifs is 1. The second-order valence-electron chi connectivity index (χ2n) is 7.53. The second kappa shape index (κ2) is 14.0. The zero-order chi connectivity index (χ0) is 25.6. The summed E-state index contributed by atoms with van der Waals surface area (Å²) in [6.07, 6.45) is 6.99. The van der Waals surface area contributed by atoms with Crippen LogP contribution in [0.2, 0.25) is 0 Å². The van der Waals surface area contributed by atoms with E-state index in [-0.39, 0.29) is 11.5 Å². The summed E-state index contributed by atoms with van der Waals surface area (Å²) in [6.45, 7) is 4.22. The van der Waals surface area contributed by atoms with Crippen molar-refractivity contribution in [2.24, 2.45) is 15.8 Å². The summed E-state index contributed by atoms with van der Waals surface area (Å²) >= 11 is 0. The number of benzene rings is 2. The lowest BCUT2D eigenvalue weighted by molar-refractivity contribution is -0.114. The highest BCUT2D eigenvalue weighted by Crippen LogP contribution is 2.22. The Morgan fingerprint density at radius 1 is 1.20 bits per heavy atom. The molecule has 35 heavy (non-hydrogen) atoms. The number of rotatable bonds is 9. The number of ether oxygens (including phenoxy) is 1. The van der Waals surface area contributed by atoms with E-state index in [9.17, 15) is 9.59 Å². The van der Waals surface area contributed by atoms with Gasteiger partial charge in [-0.1, -0.05) is 31.9 Å². The molecule has 1 heterocycles. The quantitative estimate of drug-likeness (QED) is 0.135. The van der Waals surface area contributed by atoms with Gasteiger partial charge in [-0.3, -0.25) is 9.79 Å². The number of carboxylic acids is 1. The third-order valence-electron chi connectivity index (χ3n) is 4.82. The number of guanidine groups is 1. The number of carbonyl (C=O) groups excluding carboxylic acids is 1. The standard InChI is InChI=1S/C16H23N5O.C9H9NO3/c1-3-4-5-8-18-16(17)21-20-11-12-10-19-15-7-6-13(22-2)9-14(12)15;1-6(11)10-8-5-3-2-4-7(8)9(12)13/h6-7,9-11,19H,3-5,8H2,1-2H3,(H3,17,18,21);2-5H,1H3,(H,10,11)(H,12,13)/b20-11-;. The van der Waals surface area contributed by atoms with Crippen molar-refractivity contribution in [3.63, 3.8) is 0 Å². The smallest absolute Gasteiger partial charge is 0.337 e. The molecule has 3 rings (SSSR count). The number of methoxy groups -OCH3 is 1. The van der Waals surface area contributed by atoms with Crippen molar-refractivity contribution in [2.45, 2.75) is 33.1 Å². The lowest BCUT2D eigenvalue weighted by Gasteiger charge is -2.04. The van der Waals surface area contributed by atoms with Crippen LogP contribution in [0.25, 0.3) is 10.9 Å². The number of amides is 1. The predicted octanol–water partition coefficient (Wildman–Crippen LogP) is 3.95. The minimum Gasteiger partial charge on any atom is -0.497 e. The fourth-order valence-electron chi connectivity index (χ4n) is 3.09. The molecule has 0 saturated carbocycles. The third kappa shape index (κ3) is 8.84. The molecular weight excluding hydrogens is 448 g/mol. The highest BCUT2D eigenvalue weighted by Gasteiger charge is 2.09. The topological polar surface area (TPSA) is 154 Å². The Morgan fingerprint density at radius 3 is 2.66 bits per heavy atom. The fourth-order valence-corrected chi connectivity index (χ4v) is 3.09. The van der Waals surface area contributed by atoms with Crippen LogP contribution in [-0.4, -0.2) is 47.8 Å². The normalized spacial score (nSPS) is 11.1. The van der Waals surface area contributed by atoms with E-state index in [1.807, 2.05) is 24.4 Å². The number of unbranched alkanes of at least 4 members (excludes halogenated alkanes) is 2. The van der Waals surface area contributed by atoms with Crippen molar-refractivity contribution in [1.82, 2.24) is 10.4 Å². The summed E-state index contributed by atoms with van der Waals surface area (Å²) in [6, 6.07) is 12.1. The number of aromatic carboxylic acids is 1. The highest BCUT2D eigenvalue weighted by molar-refractivity contribution is 6.00. The first-order valence-electron chi connectivity index (χ1n) is 11.2. The molecule has 186 valence electrons. The van der Waals surface area contributed by atoms with E-state index in [0.717, 1.165) is 41.6 Å². The van der Waals surface area contributed by atoms with E-state index in [0.29, 0.717) is 11.6 Å². The van der Waals surface area contributed by atoms with Gasteiger partial charge in [0.25, 0.3) is 0 Å². The van der Waals surface area contributed by atoms with E-state index >= 15 is 0 Å². The minimum atomic E-state index is -1.05. The van der Waals surface area contributed by atoms with Gasteiger partial charge in [0.2, 0.25) is 11.9 Å². The van der Waals surface area contributed by atoms with Gasteiger partial charge >= 0.3 is 5.97 Å². The molecular formula is C25H32N6O4. The van der Waals surface area contributed by atoms with Gasteiger partial charge in [-0.25, -0.2) is 10.2 Å². The van der Waals surface area contributed by atoms with E-state index in [1.54, 1.807) is 31.5 Å². The summed E-state index contributed by atoms with van der Waals surface area (Å²) in [5.41, 5.74) is 10.9. The maximum Gasteiger partial charge on any atom is 0.337 e. The molecule has 0 unspecified atom stereocenters.